The minimum absolute atomic E-state index is 0.189. The predicted octanol–water partition coefficient (Wildman–Crippen LogP) is 2.35. The Morgan fingerprint density at radius 3 is 2.56 bits per heavy atom. The zero-order valence-electron chi connectivity index (χ0n) is 10.2. The Kier molecular flexibility index (Phi) is 3.85. The molecule has 2 rings (SSSR count). The van der Waals surface area contributed by atoms with Gasteiger partial charge in [0.1, 0.15) is 11.5 Å². The Labute approximate surface area is 104 Å². The van der Waals surface area contributed by atoms with E-state index in [9.17, 15) is 13.2 Å². The molecule has 1 aromatic heterocycles. The zero-order valence-corrected chi connectivity index (χ0v) is 10.2. The van der Waals surface area contributed by atoms with E-state index in [-0.39, 0.29) is 5.82 Å². The van der Waals surface area contributed by atoms with E-state index in [1.807, 2.05) is 0 Å². The third-order valence-electron chi connectivity index (χ3n) is 3.14. The number of nitrogens with one attached hydrogen (secondary N) is 1. The molecule has 100 valence electrons. The Morgan fingerprint density at radius 2 is 1.94 bits per heavy atom. The Balaban J connectivity index is 2.14. The van der Waals surface area contributed by atoms with Crippen LogP contribution in [0, 0.1) is 12.8 Å². The van der Waals surface area contributed by atoms with E-state index in [4.69, 9.17) is 0 Å². The third-order valence-corrected chi connectivity index (χ3v) is 3.14. The van der Waals surface area contributed by atoms with Gasteiger partial charge in [-0.2, -0.15) is 13.2 Å². The van der Waals surface area contributed by atoms with Gasteiger partial charge in [-0.15, -0.1) is 0 Å². The van der Waals surface area contributed by atoms with Crippen molar-refractivity contribution in [3.05, 3.63) is 23.3 Å². The van der Waals surface area contributed by atoms with Crippen LogP contribution in [0.3, 0.4) is 0 Å². The van der Waals surface area contributed by atoms with Crippen LogP contribution in [0.5, 0.6) is 0 Å². The highest BCUT2D eigenvalue weighted by atomic mass is 19.4. The van der Waals surface area contributed by atoms with Crippen molar-refractivity contribution in [2.24, 2.45) is 5.92 Å². The van der Waals surface area contributed by atoms with Crippen molar-refractivity contribution in [1.82, 2.24) is 15.3 Å². The third kappa shape index (κ3) is 3.41. The standard InChI is InChI=1S/C12H16F3N3/c1-8-17-10(6-9-2-4-16-5-3-9)7-11(18-8)12(13,14)15/h7,9,16H,2-6H2,1H3. The molecular weight excluding hydrogens is 243 g/mol. The van der Waals surface area contributed by atoms with E-state index in [1.54, 1.807) is 0 Å². The fraction of sp³-hybridized carbons (Fsp3) is 0.667. The van der Waals surface area contributed by atoms with Crippen molar-refractivity contribution in [1.29, 1.82) is 0 Å². The topological polar surface area (TPSA) is 37.8 Å². The van der Waals surface area contributed by atoms with E-state index < -0.39 is 11.9 Å². The summed E-state index contributed by atoms with van der Waals surface area (Å²) in [6.07, 6.45) is -1.81. The lowest BCUT2D eigenvalue weighted by molar-refractivity contribution is -0.141. The van der Waals surface area contributed by atoms with Crippen molar-refractivity contribution in [2.45, 2.75) is 32.4 Å². The summed E-state index contributed by atoms with van der Waals surface area (Å²) in [6.45, 7) is 3.36. The second-order valence-corrected chi connectivity index (χ2v) is 4.69. The van der Waals surface area contributed by atoms with Crippen molar-refractivity contribution in [3.8, 4) is 0 Å². The first-order valence-corrected chi connectivity index (χ1v) is 6.07. The van der Waals surface area contributed by atoms with Gasteiger partial charge in [0.05, 0.1) is 0 Å². The average molecular weight is 259 g/mol. The van der Waals surface area contributed by atoms with Gasteiger partial charge in [-0.05, 0) is 51.3 Å². The molecule has 1 saturated heterocycles. The van der Waals surface area contributed by atoms with Gasteiger partial charge in [0.2, 0.25) is 0 Å². The number of alkyl halides is 3. The van der Waals surface area contributed by atoms with Gasteiger partial charge in [-0.1, -0.05) is 0 Å². The van der Waals surface area contributed by atoms with Crippen molar-refractivity contribution in [2.75, 3.05) is 13.1 Å². The van der Waals surface area contributed by atoms with Gasteiger partial charge < -0.3 is 5.32 Å². The normalized spacial score (nSPS) is 18.0. The Bertz CT molecular complexity index is 412. The summed E-state index contributed by atoms with van der Waals surface area (Å²) < 4.78 is 37.9. The van der Waals surface area contributed by atoms with Crippen LogP contribution in [0.15, 0.2) is 6.07 Å². The van der Waals surface area contributed by atoms with Crippen LogP contribution in [0.25, 0.3) is 0 Å². The van der Waals surface area contributed by atoms with Crippen molar-refractivity contribution >= 4 is 0 Å². The van der Waals surface area contributed by atoms with Crippen LogP contribution in [0.4, 0.5) is 13.2 Å². The molecule has 0 aliphatic carbocycles. The van der Waals surface area contributed by atoms with Crippen LogP contribution in [0.1, 0.15) is 30.1 Å². The lowest BCUT2D eigenvalue weighted by atomic mass is 9.93. The highest BCUT2D eigenvalue weighted by Crippen LogP contribution is 2.28. The molecule has 1 fully saturated rings. The fourth-order valence-corrected chi connectivity index (χ4v) is 2.26. The number of hydrogen-bond acceptors (Lipinski definition) is 3. The predicted molar refractivity (Wildman–Crippen MR) is 61.1 cm³/mol. The molecule has 2 heterocycles. The number of halogens is 3. The molecule has 0 amide bonds. The van der Waals surface area contributed by atoms with Crippen LogP contribution >= 0.6 is 0 Å². The molecule has 0 unspecified atom stereocenters. The van der Waals surface area contributed by atoms with Crippen molar-refractivity contribution < 1.29 is 13.2 Å². The summed E-state index contributed by atoms with van der Waals surface area (Å²) in [5.41, 5.74) is -0.333. The SMILES string of the molecule is Cc1nc(CC2CCNCC2)cc(C(F)(F)F)n1. The first kappa shape index (κ1) is 13.3. The largest absolute Gasteiger partial charge is 0.433 e. The van der Waals surface area contributed by atoms with Crippen LogP contribution in [0.2, 0.25) is 0 Å². The summed E-state index contributed by atoms with van der Waals surface area (Å²) >= 11 is 0. The summed E-state index contributed by atoms with van der Waals surface area (Å²) in [4.78, 5) is 7.56. The molecule has 0 atom stereocenters. The quantitative estimate of drug-likeness (QED) is 0.886. The van der Waals surface area contributed by atoms with Gasteiger partial charge in [0, 0.05) is 5.69 Å². The molecule has 1 N–H and O–H groups in total. The minimum Gasteiger partial charge on any atom is -0.317 e. The molecule has 3 nitrogen and oxygen atoms in total. The molecule has 0 bridgehead atoms. The molecule has 1 aliphatic heterocycles. The zero-order chi connectivity index (χ0) is 13.2. The summed E-state index contributed by atoms with van der Waals surface area (Å²) in [5.74, 6) is 0.607. The maximum Gasteiger partial charge on any atom is 0.433 e. The number of hydrogen-bond donors (Lipinski definition) is 1. The van der Waals surface area contributed by atoms with E-state index in [1.165, 1.54) is 6.92 Å². The van der Waals surface area contributed by atoms with Crippen LogP contribution in [-0.2, 0) is 12.6 Å². The maximum absolute atomic E-state index is 12.6. The molecule has 0 spiro atoms. The first-order valence-electron chi connectivity index (χ1n) is 6.07. The summed E-state index contributed by atoms with van der Waals surface area (Å²) in [6, 6.07) is 1.08. The second kappa shape index (κ2) is 5.22. The molecule has 1 aromatic rings. The fourth-order valence-electron chi connectivity index (χ4n) is 2.26. The summed E-state index contributed by atoms with van der Waals surface area (Å²) in [7, 11) is 0. The van der Waals surface area contributed by atoms with Gasteiger partial charge in [-0.3, -0.25) is 0 Å². The van der Waals surface area contributed by atoms with Gasteiger partial charge >= 0.3 is 6.18 Å². The number of rotatable bonds is 2. The average Bonchev–Trinajstić information content (AvgIpc) is 2.28. The number of piperidine rings is 1. The molecule has 0 saturated carbocycles. The molecular formula is C12H16F3N3. The first-order chi connectivity index (χ1) is 8.45. The molecule has 6 heteroatoms. The van der Waals surface area contributed by atoms with Crippen LogP contribution < -0.4 is 5.32 Å². The van der Waals surface area contributed by atoms with E-state index in [2.05, 4.69) is 15.3 Å². The second-order valence-electron chi connectivity index (χ2n) is 4.69. The van der Waals surface area contributed by atoms with E-state index in [0.717, 1.165) is 32.0 Å². The molecule has 0 aromatic carbocycles. The minimum atomic E-state index is -4.39. The molecule has 18 heavy (non-hydrogen) atoms. The van der Waals surface area contributed by atoms with Gasteiger partial charge in [0.15, 0.2) is 0 Å². The molecule has 0 radical (unpaired) electrons. The maximum atomic E-state index is 12.6. The smallest absolute Gasteiger partial charge is 0.317 e. The number of aromatic nitrogens is 2. The Hall–Kier alpha value is -1.17. The van der Waals surface area contributed by atoms with Crippen LogP contribution in [-0.4, -0.2) is 23.1 Å². The number of aryl methyl sites for hydroxylation is 1. The highest BCUT2D eigenvalue weighted by molar-refractivity contribution is 5.14. The highest BCUT2D eigenvalue weighted by Gasteiger charge is 2.33. The monoisotopic (exact) mass is 259 g/mol. The molecule has 1 aliphatic rings. The lowest BCUT2D eigenvalue weighted by Gasteiger charge is -2.22. The van der Waals surface area contributed by atoms with Gasteiger partial charge in [-0.25, -0.2) is 9.97 Å². The lowest BCUT2D eigenvalue weighted by Crippen LogP contribution is -2.29. The Morgan fingerprint density at radius 1 is 1.28 bits per heavy atom. The van der Waals surface area contributed by atoms with Gasteiger partial charge in [0.25, 0.3) is 0 Å². The summed E-state index contributed by atoms with van der Waals surface area (Å²) in [5, 5.41) is 3.23. The van der Waals surface area contributed by atoms with E-state index >= 15 is 0 Å². The van der Waals surface area contributed by atoms with Crippen molar-refractivity contribution in [3.63, 3.8) is 0 Å². The number of nitrogens with zero attached hydrogens (tertiary/aromatic N) is 2. The van der Waals surface area contributed by atoms with E-state index in [0.29, 0.717) is 18.0 Å².